The smallest absolute Gasteiger partial charge is 0.0892 e. The zero-order valence-corrected chi connectivity index (χ0v) is 22.1. The van der Waals surface area contributed by atoms with Gasteiger partial charge in [-0.05, 0) is 118 Å². The minimum Gasteiger partial charge on any atom is -0.392 e. The number of aliphatic hydroxyl groups is 1. The highest BCUT2D eigenvalue weighted by atomic mass is 16.6. The third-order valence-electron chi connectivity index (χ3n) is 6.34. The van der Waals surface area contributed by atoms with Crippen LogP contribution >= 0.6 is 0 Å². The maximum Gasteiger partial charge on any atom is 0.0892 e. The first-order chi connectivity index (χ1) is 15.1. The van der Waals surface area contributed by atoms with Crippen LogP contribution in [0.2, 0.25) is 0 Å². The number of unbranched alkanes of at least 4 members (excludes halogenated alkanes) is 1. The quantitative estimate of drug-likeness (QED) is 0.147. The molecule has 0 aromatic heterocycles. The van der Waals surface area contributed by atoms with Crippen LogP contribution in [-0.4, -0.2) is 23.4 Å². The van der Waals surface area contributed by atoms with Crippen molar-refractivity contribution in [1.82, 2.24) is 0 Å². The lowest BCUT2D eigenvalue weighted by molar-refractivity contribution is 0.320. The highest BCUT2D eigenvalue weighted by Crippen LogP contribution is 2.38. The van der Waals surface area contributed by atoms with Gasteiger partial charge in [0.1, 0.15) is 0 Å². The van der Waals surface area contributed by atoms with Crippen LogP contribution in [-0.2, 0) is 4.74 Å². The zero-order chi connectivity index (χ0) is 24.0. The first-order valence-corrected chi connectivity index (χ1v) is 12.7. The molecule has 1 fully saturated rings. The molecule has 0 bridgehead atoms. The molecular weight excluding hydrogens is 392 g/mol. The van der Waals surface area contributed by atoms with E-state index in [0.717, 1.165) is 64.2 Å². The number of epoxide rings is 1. The van der Waals surface area contributed by atoms with Crippen molar-refractivity contribution in [3.05, 3.63) is 58.2 Å². The van der Waals surface area contributed by atoms with E-state index >= 15 is 0 Å². The summed E-state index contributed by atoms with van der Waals surface area (Å²) in [5.41, 5.74) is 7.09. The van der Waals surface area contributed by atoms with Crippen LogP contribution < -0.4 is 0 Å². The van der Waals surface area contributed by atoms with Gasteiger partial charge in [-0.3, -0.25) is 0 Å². The molecule has 1 rings (SSSR count). The first kappa shape index (κ1) is 28.7. The van der Waals surface area contributed by atoms with Crippen LogP contribution in [0.3, 0.4) is 0 Å². The molecule has 1 unspecified atom stereocenters. The van der Waals surface area contributed by atoms with E-state index in [0.29, 0.717) is 6.10 Å². The van der Waals surface area contributed by atoms with E-state index in [9.17, 15) is 5.11 Å². The molecule has 0 aliphatic carbocycles. The molecule has 0 radical (unpaired) electrons. The average Bonchev–Trinajstić information content (AvgIpc) is 3.34. The summed E-state index contributed by atoms with van der Waals surface area (Å²) in [6, 6.07) is 0. The Morgan fingerprint density at radius 1 is 0.688 bits per heavy atom. The van der Waals surface area contributed by atoms with Gasteiger partial charge in [-0.1, -0.05) is 52.7 Å². The number of hydrogen-bond acceptors (Lipinski definition) is 2. The molecule has 1 N–H and O–H groups in total. The van der Waals surface area contributed by atoms with Crippen molar-refractivity contribution >= 4 is 0 Å². The van der Waals surface area contributed by atoms with Gasteiger partial charge in [0.2, 0.25) is 0 Å². The molecule has 1 heterocycles. The molecule has 32 heavy (non-hydrogen) atoms. The van der Waals surface area contributed by atoms with Gasteiger partial charge < -0.3 is 9.84 Å². The van der Waals surface area contributed by atoms with Gasteiger partial charge in [-0.2, -0.15) is 0 Å². The molecule has 1 saturated heterocycles. The maximum atomic E-state index is 9.52. The number of allylic oxidation sites excluding steroid dienone is 9. The second kappa shape index (κ2) is 15.5. The highest BCUT2D eigenvalue weighted by molar-refractivity contribution is 5.09. The Morgan fingerprint density at radius 2 is 1.16 bits per heavy atom. The van der Waals surface area contributed by atoms with Crippen LogP contribution in [0.15, 0.2) is 58.2 Å². The van der Waals surface area contributed by atoms with Crippen LogP contribution in [0.1, 0.15) is 113 Å². The normalized spacial score (nSPS) is 19.3. The molecule has 2 heteroatoms. The molecule has 0 amide bonds. The van der Waals surface area contributed by atoms with Gasteiger partial charge >= 0.3 is 0 Å². The predicted octanol–water partition coefficient (Wildman–Crippen LogP) is 8.79. The number of hydrogen-bond donors (Lipinski definition) is 1. The van der Waals surface area contributed by atoms with E-state index in [1.54, 1.807) is 0 Å². The largest absolute Gasteiger partial charge is 0.392 e. The molecule has 1 aliphatic rings. The Bertz CT molecular complexity index is 696. The molecular formula is C30H50O2. The van der Waals surface area contributed by atoms with E-state index in [4.69, 9.17) is 4.74 Å². The van der Waals surface area contributed by atoms with E-state index in [1.807, 2.05) is 0 Å². The van der Waals surface area contributed by atoms with E-state index in [1.165, 1.54) is 27.9 Å². The predicted molar refractivity (Wildman–Crippen MR) is 141 cm³/mol. The van der Waals surface area contributed by atoms with Crippen LogP contribution in [0, 0.1) is 0 Å². The van der Waals surface area contributed by atoms with Gasteiger partial charge in [0.05, 0.1) is 18.3 Å². The monoisotopic (exact) mass is 442 g/mol. The lowest BCUT2D eigenvalue weighted by atomic mass is 10.0. The van der Waals surface area contributed by atoms with Gasteiger partial charge in [-0.15, -0.1) is 0 Å². The summed E-state index contributed by atoms with van der Waals surface area (Å²) in [6.45, 7) is 15.5. The number of rotatable bonds is 16. The summed E-state index contributed by atoms with van der Waals surface area (Å²) in [7, 11) is 0. The summed E-state index contributed by atoms with van der Waals surface area (Å²) in [5, 5.41) is 9.52. The zero-order valence-electron chi connectivity index (χ0n) is 22.1. The van der Waals surface area contributed by atoms with E-state index in [2.05, 4.69) is 78.8 Å². The van der Waals surface area contributed by atoms with Gasteiger partial charge in [0.15, 0.2) is 0 Å². The topological polar surface area (TPSA) is 32.8 Å². The maximum absolute atomic E-state index is 9.52. The van der Waals surface area contributed by atoms with Crippen molar-refractivity contribution in [2.45, 2.75) is 124 Å². The highest BCUT2D eigenvalue weighted by Gasteiger charge is 2.46. The molecule has 0 aromatic rings. The molecule has 1 atom stereocenters. The standard InChI is InChI=1S/C30H50O2/c1-24(2)13-10-19-28(23-31)20-12-18-26(4)15-9-8-14-25(3)16-11-17-27(5)21-22-29-30(6,7)32-29/h13-15,17,20,29,31H,8-12,16,18-19,21-23H2,1-7H3/b25-14+,26-15+,27-17+,28-20+. The minimum absolute atomic E-state index is 0.122. The van der Waals surface area contributed by atoms with Gasteiger partial charge in [0, 0.05) is 0 Å². The van der Waals surface area contributed by atoms with Crippen molar-refractivity contribution in [3.63, 3.8) is 0 Å². The third-order valence-corrected chi connectivity index (χ3v) is 6.34. The Balaban J connectivity index is 2.20. The Hall–Kier alpha value is -1.38. The fourth-order valence-corrected chi connectivity index (χ4v) is 3.91. The summed E-state index contributed by atoms with van der Waals surface area (Å²) < 4.78 is 5.67. The van der Waals surface area contributed by atoms with Crippen molar-refractivity contribution in [2.75, 3.05) is 6.61 Å². The number of aliphatic hydroxyl groups excluding tert-OH is 1. The van der Waals surface area contributed by atoms with Gasteiger partial charge in [0.25, 0.3) is 0 Å². The fourth-order valence-electron chi connectivity index (χ4n) is 3.91. The molecule has 1 aliphatic heterocycles. The van der Waals surface area contributed by atoms with Crippen molar-refractivity contribution in [1.29, 1.82) is 0 Å². The second-order valence-corrected chi connectivity index (χ2v) is 10.4. The molecule has 0 aromatic carbocycles. The van der Waals surface area contributed by atoms with Crippen LogP contribution in [0.4, 0.5) is 0 Å². The first-order valence-electron chi connectivity index (χ1n) is 12.7. The fraction of sp³-hybridized carbons (Fsp3) is 0.667. The van der Waals surface area contributed by atoms with Crippen LogP contribution in [0.25, 0.3) is 0 Å². The molecule has 182 valence electrons. The van der Waals surface area contributed by atoms with Gasteiger partial charge in [-0.25, -0.2) is 0 Å². The molecule has 2 nitrogen and oxygen atoms in total. The number of ether oxygens (including phenoxy) is 1. The summed E-state index contributed by atoms with van der Waals surface area (Å²) in [6.07, 6.45) is 23.1. The summed E-state index contributed by atoms with van der Waals surface area (Å²) >= 11 is 0. The summed E-state index contributed by atoms with van der Waals surface area (Å²) in [4.78, 5) is 0. The Kier molecular flexibility index (Phi) is 13.8. The minimum atomic E-state index is 0.122. The van der Waals surface area contributed by atoms with E-state index < -0.39 is 0 Å². The molecule has 0 saturated carbocycles. The lowest BCUT2D eigenvalue weighted by Gasteiger charge is -2.04. The van der Waals surface area contributed by atoms with Crippen molar-refractivity contribution < 1.29 is 9.84 Å². The van der Waals surface area contributed by atoms with Crippen LogP contribution in [0.5, 0.6) is 0 Å². The Morgan fingerprint density at radius 3 is 1.66 bits per heavy atom. The lowest BCUT2D eigenvalue weighted by Crippen LogP contribution is -2.02. The Labute approximate surface area is 199 Å². The molecule has 0 spiro atoms. The second-order valence-electron chi connectivity index (χ2n) is 10.4. The van der Waals surface area contributed by atoms with Crippen molar-refractivity contribution in [3.8, 4) is 0 Å². The average molecular weight is 443 g/mol. The summed E-state index contributed by atoms with van der Waals surface area (Å²) in [5.74, 6) is 0. The van der Waals surface area contributed by atoms with E-state index in [-0.39, 0.29) is 12.2 Å². The van der Waals surface area contributed by atoms with Crippen molar-refractivity contribution in [2.24, 2.45) is 0 Å². The third kappa shape index (κ3) is 13.9. The SMILES string of the molecule is CC(C)=CCC/C(=C\CC/C(C)=C/CC/C=C(\C)CC/C=C(\C)CCC1OC1(C)C)CO.